The standard InChI is InChI=1S/C14H10F3N3O3/c15-14(16,17)13(22)5-11(20-23-13)9-3-1-8(2-4-9)10-6-18-12(21)19-7-10/h1-4,6-7,22H,5H2,(H,18,19,21). The molecule has 0 saturated heterocycles. The normalized spacial score (nSPS) is 21.0. The Morgan fingerprint density at radius 3 is 2.09 bits per heavy atom. The molecule has 6 nitrogen and oxygen atoms in total. The van der Waals surface area contributed by atoms with Crippen molar-refractivity contribution < 1.29 is 28.2 Å². The summed E-state index contributed by atoms with van der Waals surface area (Å²) in [5, 5.41) is 21.8. The molecule has 2 aromatic rings. The van der Waals surface area contributed by atoms with Gasteiger partial charge in [0.15, 0.2) is 0 Å². The quantitative estimate of drug-likeness (QED) is 0.884. The largest absolute Gasteiger partial charge is 0.479 e. The predicted molar refractivity (Wildman–Crippen MR) is 72.4 cm³/mol. The van der Waals surface area contributed by atoms with Gasteiger partial charge in [-0.2, -0.15) is 13.2 Å². The lowest BCUT2D eigenvalue weighted by molar-refractivity contribution is -0.355. The predicted octanol–water partition coefficient (Wildman–Crippen LogP) is 2.22. The molecule has 23 heavy (non-hydrogen) atoms. The Balaban J connectivity index is 1.80. The number of rotatable bonds is 2. The van der Waals surface area contributed by atoms with Crippen molar-refractivity contribution >= 4 is 5.71 Å². The van der Waals surface area contributed by atoms with E-state index < -0.39 is 18.4 Å². The number of benzene rings is 1. The first-order valence-corrected chi connectivity index (χ1v) is 6.44. The Labute approximate surface area is 127 Å². The van der Waals surface area contributed by atoms with Crippen LogP contribution in [-0.2, 0) is 4.84 Å². The third-order valence-electron chi connectivity index (χ3n) is 3.35. The molecule has 0 spiro atoms. The molecule has 0 radical (unpaired) electrons. The number of nitrogens with zero attached hydrogens (tertiary/aromatic N) is 3. The Hall–Kier alpha value is -2.68. The monoisotopic (exact) mass is 325 g/mol. The van der Waals surface area contributed by atoms with Gasteiger partial charge in [-0.3, -0.25) is 0 Å². The average molecular weight is 325 g/mol. The van der Waals surface area contributed by atoms with Crippen molar-refractivity contribution in [2.45, 2.75) is 18.4 Å². The molecule has 9 heteroatoms. The summed E-state index contributed by atoms with van der Waals surface area (Å²) in [6.07, 6.45) is -2.88. The summed E-state index contributed by atoms with van der Waals surface area (Å²) >= 11 is 0. The van der Waals surface area contributed by atoms with E-state index in [2.05, 4.69) is 20.0 Å². The van der Waals surface area contributed by atoms with E-state index in [-0.39, 0.29) is 11.7 Å². The molecule has 0 aliphatic carbocycles. The number of hydrogen-bond donors (Lipinski definition) is 2. The van der Waals surface area contributed by atoms with Crippen LogP contribution in [0.15, 0.2) is 41.8 Å². The van der Waals surface area contributed by atoms with E-state index in [0.717, 1.165) is 0 Å². The highest BCUT2D eigenvalue weighted by molar-refractivity contribution is 6.01. The minimum absolute atomic E-state index is 0.00155. The SMILES string of the molecule is Oc1ncc(-c2ccc(C3=NOC(O)(C(F)(F)F)C3)cc2)cn1. The lowest BCUT2D eigenvalue weighted by Gasteiger charge is -2.22. The van der Waals surface area contributed by atoms with E-state index in [1.54, 1.807) is 24.3 Å². The van der Waals surface area contributed by atoms with E-state index in [0.29, 0.717) is 16.7 Å². The van der Waals surface area contributed by atoms with Crippen LogP contribution in [-0.4, -0.2) is 37.9 Å². The molecule has 1 aromatic heterocycles. The van der Waals surface area contributed by atoms with Gasteiger partial charge in [-0.15, -0.1) is 0 Å². The van der Waals surface area contributed by atoms with Crippen molar-refractivity contribution in [1.82, 2.24) is 9.97 Å². The van der Waals surface area contributed by atoms with E-state index in [1.165, 1.54) is 12.4 Å². The highest BCUT2D eigenvalue weighted by Crippen LogP contribution is 2.39. The minimum Gasteiger partial charge on any atom is -0.479 e. The fraction of sp³-hybridized carbons (Fsp3) is 0.214. The van der Waals surface area contributed by atoms with Gasteiger partial charge in [-0.25, -0.2) is 9.97 Å². The van der Waals surface area contributed by atoms with E-state index >= 15 is 0 Å². The maximum Gasteiger partial charge on any atom is 0.458 e. The number of oxime groups is 1. The van der Waals surface area contributed by atoms with Crippen LogP contribution in [0.2, 0.25) is 0 Å². The number of halogens is 3. The Bertz CT molecular complexity index is 745. The van der Waals surface area contributed by atoms with E-state index in [9.17, 15) is 18.3 Å². The summed E-state index contributed by atoms with van der Waals surface area (Å²) in [6, 6.07) is 6.02. The average Bonchev–Trinajstić information content (AvgIpc) is 2.92. The van der Waals surface area contributed by atoms with Gasteiger partial charge in [0.2, 0.25) is 0 Å². The van der Waals surface area contributed by atoms with Crippen LogP contribution in [0, 0.1) is 0 Å². The number of aliphatic hydroxyl groups is 1. The summed E-state index contributed by atoms with van der Waals surface area (Å²) in [6.45, 7) is 0. The van der Waals surface area contributed by atoms with Gasteiger partial charge in [-0.1, -0.05) is 29.4 Å². The summed E-state index contributed by atoms with van der Waals surface area (Å²) < 4.78 is 38.0. The summed E-state index contributed by atoms with van der Waals surface area (Å²) in [5.74, 6) is -3.29. The fourth-order valence-electron chi connectivity index (χ4n) is 2.05. The summed E-state index contributed by atoms with van der Waals surface area (Å²) in [4.78, 5) is 11.5. The van der Waals surface area contributed by atoms with Crippen molar-refractivity contribution in [3.05, 3.63) is 42.2 Å². The molecule has 120 valence electrons. The second kappa shape index (κ2) is 5.20. The Morgan fingerprint density at radius 1 is 1.00 bits per heavy atom. The smallest absolute Gasteiger partial charge is 0.458 e. The molecule has 1 unspecified atom stereocenters. The second-order valence-corrected chi connectivity index (χ2v) is 4.94. The van der Waals surface area contributed by atoms with Gasteiger partial charge in [0.1, 0.15) is 0 Å². The zero-order valence-electron chi connectivity index (χ0n) is 11.4. The van der Waals surface area contributed by atoms with Crippen molar-refractivity contribution in [3.63, 3.8) is 0 Å². The molecule has 2 N–H and O–H groups in total. The van der Waals surface area contributed by atoms with Crippen LogP contribution in [0.5, 0.6) is 6.01 Å². The van der Waals surface area contributed by atoms with Crippen LogP contribution in [0.1, 0.15) is 12.0 Å². The lowest BCUT2D eigenvalue weighted by Crippen LogP contribution is -2.45. The number of aromatic hydroxyl groups is 1. The van der Waals surface area contributed by atoms with Gasteiger partial charge < -0.3 is 15.1 Å². The van der Waals surface area contributed by atoms with Crippen molar-refractivity contribution in [2.75, 3.05) is 0 Å². The summed E-state index contributed by atoms with van der Waals surface area (Å²) in [7, 11) is 0. The minimum atomic E-state index is -4.93. The molecule has 0 bridgehead atoms. The number of aromatic nitrogens is 2. The molecule has 1 atom stereocenters. The maximum absolute atomic E-state index is 12.7. The third-order valence-corrected chi connectivity index (χ3v) is 3.35. The van der Waals surface area contributed by atoms with Crippen molar-refractivity contribution in [2.24, 2.45) is 5.16 Å². The molecule has 2 heterocycles. The van der Waals surface area contributed by atoms with Crippen LogP contribution < -0.4 is 0 Å². The topological polar surface area (TPSA) is 87.8 Å². The zero-order valence-corrected chi connectivity index (χ0v) is 11.4. The first-order valence-electron chi connectivity index (χ1n) is 6.44. The maximum atomic E-state index is 12.7. The highest BCUT2D eigenvalue weighted by atomic mass is 19.4. The van der Waals surface area contributed by atoms with Crippen LogP contribution >= 0.6 is 0 Å². The first-order chi connectivity index (χ1) is 10.8. The molecule has 3 rings (SSSR count). The molecule has 1 aliphatic heterocycles. The second-order valence-electron chi connectivity index (χ2n) is 4.94. The van der Waals surface area contributed by atoms with Crippen LogP contribution in [0.4, 0.5) is 13.2 Å². The molecule has 1 aliphatic rings. The number of alkyl halides is 3. The highest BCUT2D eigenvalue weighted by Gasteiger charge is 2.60. The van der Waals surface area contributed by atoms with Crippen LogP contribution in [0.3, 0.4) is 0 Å². The van der Waals surface area contributed by atoms with E-state index in [1.807, 2.05) is 0 Å². The van der Waals surface area contributed by atoms with E-state index in [4.69, 9.17) is 5.11 Å². The van der Waals surface area contributed by atoms with Crippen LogP contribution in [0.25, 0.3) is 11.1 Å². The summed E-state index contributed by atoms with van der Waals surface area (Å²) in [5.41, 5.74) is 1.73. The molecular formula is C14H10F3N3O3. The van der Waals surface area contributed by atoms with Crippen molar-refractivity contribution in [1.29, 1.82) is 0 Å². The lowest BCUT2D eigenvalue weighted by atomic mass is 10.00. The third kappa shape index (κ3) is 2.82. The Morgan fingerprint density at radius 2 is 1.57 bits per heavy atom. The number of hydrogen-bond acceptors (Lipinski definition) is 6. The Kier molecular flexibility index (Phi) is 3.44. The van der Waals surface area contributed by atoms with Gasteiger partial charge >= 0.3 is 18.0 Å². The first kappa shape index (κ1) is 15.2. The van der Waals surface area contributed by atoms with Gasteiger partial charge in [-0.05, 0) is 11.1 Å². The molecule has 1 aromatic carbocycles. The molecule has 0 amide bonds. The molecular weight excluding hydrogens is 315 g/mol. The zero-order chi connectivity index (χ0) is 16.7. The van der Waals surface area contributed by atoms with Gasteiger partial charge in [0.05, 0.1) is 12.1 Å². The van der Waals surface area contributed by atoms with Gasteiger partial charge in [0, 0.05) is 18.0 Å². The van der Waals surface area contributed by atoms with Crippen molar-refractivity contribution in [3.8, 4) is 17.1 Å². The molecule has 0 fully saturated rings. The van der Waals surface area contributed by atoms with Gasteiger partial charge in [0.25, 0.3) is 0 Å². The fourth-order valence-corrected chi connectivity index (χ4v) is 2.05. The molecule has 0 saturated carbocycles.